The Labute approximate surface area is 137 Å². The van der Waals surface area contributed by atoms with Crippen molar-refractivity contribution in [1.82, 2.24) is 9.88 Å². The third-order valence-corrected chi connectivity index (χ3v) is 5.75. The highest BCUT2D eigenvalue weighted by atomic mass is 32.1. The number of aromatic nitrogens is 1. The standard InChI is InChI=1S/C15H19N3O2S2/c1-9-17-12(8-21-9)14-5-10-6-18(4-3-13(10)22-14)15(19)11(16)7-20-2/h5,8,11H,3-4,6-7,16H2,1-2H3. The number of hydrogen-bond donors (Lipinski definition) is 1. The van der Waals surface area contributed by atoms with Crippen LogP contribution in [0.2, 0.25) is 0 Å². The van der Waals surface area contributed by atoms with Gasteiger partial charge in [0.15, 0.2) is 0 Å². The molecule has 2 aromatic rings. The molecule has 22 heavy (non-hydrogen) atoms. The van der Waals surface area contributed by atoms with Crippen LogP contribution in [0.15, 0.2) is 11.4 Å². The molecule has 2 N–H and O–H groups in total. The van der Waals surface area contributed by atoms with E-state index in [1.807, 2.05) is 11.8 Å². The van der Waals surface area contributed by atoms with Crippen molar-refractivity contribution in [1.29, 1.82) is 0 Å². The third-order valence-electron chi connectivity index (χ3n) is 3.71. The van der Waals surface area contributed by atoms with E-state index >= 15 is 0 Å². The van der Waals surface area contributed by atoms with Crippen LogP contribution >= 0.6 is 22.7 Å². The first-order chi connectivity index (χ1) is 10.6. The molecule has 3 rings (SSSR count). The number of amides is 1. The van der Waals surface area contributed by atoms with E-state index in [0.717, 1.165) is 23.7 Å². The van der Waals surface area contributed by atoms with Crippen molar-refractivity contribution in [3.63, 3.8) is 0 Å². The number of methoxy groups -OCH3 is 1. The summed E-state index contributed by atoms with van der Waals surface area (Å²) in [6.45, 7) is 3.62. The lowest BCUT2D eigenvalue weighted by Gasteiger charge is -2.29. The summed E-state index contributed by atoms with van der Waals surface area (Å²) in [4.78, 5) is 21.2. The maximum absolute atomic E-state index is 12.3. The number of fused-ring (bicyclic) bond motifs is 1. The van der Waals surface area contributed by atoms with Crippen molar-refractivity contribution in [3.8, 4) is 10.6 Å². The minimum atomic E-state index is -0.578. The maximum atomic E-state index is 12.3. The quantitative estimate of drug-likeness (QED) is 0.927. The topological polar surface area (TPSA) is 68.5 Å². The smallest absolute Gasteiger partial charge is 0.242 e. The van der Waals surface area contributed by atoms with Gasteiger partial charge in [0.2, 0.25) is 5.91 Å². The zero-order valence-electron chi connectivity index (χ0n) is 12.7. The highest BCUT2D eigenvalue weighted by Gasteiger charge is 2.26. The van der Waals surface area contributed by atoms with Crippen molar-refractivity contribution < 1.29 is 9.53 Å². The van der Waals surface area contributed by atoms with Gasteiger partial charge in [-0.25, -0.2) is 4.98 Å². The number of nitrogens with two attached hydrogens (primary N) is 1. The summed E-state index contributed by atoms with van der Waals surface area (Å²) in [5.74, 6) is -0.0373. The van der Waals surface area contributed by atoms with E-state index in [4.69, 9.17) is 10.5 Å². The number of thiophene rings is 1. The molecule has 1 unspecified atom stereocenters. The maximum Gasteiger partial charge on any atom is 0.242 e. The van der Waals surface area contributed by atoms with E-state index in [1.165, 1.54) is 15.3 Å². The summed E-state index contributed by atoms with van der Waals surface area (Å²) in [7, 11) is 1.56. The average Bonchev–Trinajstić information content (AvgIpc) is 3.11. The van der Waals surface area contributed by atoms with Crippen LogP contribution in [0.4, 0.5) is 0 Å². The van der Waals surface area contributed by atoms with E-state index in [1.54, 1.807) is 29.8 Å². The summed E-state index contributed by atoms with van der Waals surface area (Å²) in [6.07, 6.45) is 0.883. The molecule has 0 fully saturated rings. The summed E-state index contributed by atoms with van der Waals surface area (Å²) >= 11 is 3.45. The number of carbonyl (C=O) groups is 1. The van der Waals surface area contributed by atoms with E-state index in [2.05, 4.69) is 16.4 Å². The predicted octanol–water partition coefficient (Wildman–Crippen LogP) is 2.04. The molecule has 1 atom stereocenters. The Morgan fingerprint density at radius 2 is 2.41 bits per heavy atom. The molecular weight excluding hydrogens is 318 g/mol. The first kappa shape index (κ1) is 15.6. The number of carbonyl (C=O) groups excluding carboxylic acids is 1. The number of ether oxygens (including phenoxy) is 1. The van der Waals surface area contributed by atoms with Crippen LogP contribution in [-0.4, -0.2) is 42.1 Å². The molecule has 1 aliphatic heterocycles. The van der Waals surface area contributed by atoms with Crippen molar-refractivity contribution in [2.24, 2.45) is 5.73 Å². The summed E-state index contributed by atoms with van der Waals surface area (Å²) in [5.41, 5.74) is 8.11. The molecule has 3 heterocycles. The molecule has 118 valence electrons. The SMILES string of the molecule is COCC(N)C(=O)N1CCc2sc(-c3csc(C)n3)cc2C1. The van der Waals surface area contributed by atoms with Crippen LogP contribution in [0.25, 0.3) is 10.6 Å². The van der Waals surface area contributed by atoms with Crippen LogP contribution in [0.1, 0.15) is 15.4 Å². The normalized spacial score (nSPS) is 15.7. The zero-order valence-corrected chi connectivity index (χ0v) is 14.3. The van der Waals surface area contributed by atoms with Crippen LogP contribution in [-0.2, 0) is 22.5 Å². The van der Waals surface area contributed by atoms with Gasteiger partial charge in [-0.05, 0) is 25.0 Å². The predicted molar refractivity (Wildman–Crippen MR) is 89.1 cm³/mol. The third kappa shape index (κ3) is 3.08. The Kier molecular flexibility index (Phi) is 4.58. The molecule has 0 spiro atoms. The van der Waals surface area contributed by atoms with Crippen LogP contribution < -0.4 is 5.73 Å². The highest BCUT2D eigenvalue weighted by molar-refractivity contribution is 7.16. The Bertz CT molecular complexity index is 680. The molecule has 0 bridgehead atoms. The summed E-state index contributed by atoms with van der Waals surface area (Å²) < 4.78 is 4.97. The van der Waals surface area contributed by atoms with E-state index in [0.29, 0.717) is 6.54 Å². The van der Waals surface area contributed by atoms with Gasteiger partial charge < -0.3 is 15.4 Å². The molecular formula is C15H19N3O2S2. The molecule has 0 radical (unpaired) electrons. The molecule has 1 amide bonds. The minimum Gasteiger partial charge on any atom is -0.383 e. The fraction of sp³-hybridized carbons (Fsp3) is 0.467. The van der Waals surface area contributed by atoms with Gasteiger partial charge in [-0.2, -0.15) is 0 Å². The van der Waals surface area contributed by atoms with Gasteiger partial charge in [-0.3, -0.25) is 4.79 Å². The fourth-order valence-corrected chi connectivity index (χ4v) is 4.42. The van der Waals surface area contributed by atoms with Gasteiger partial charge in [0.25, 0.3) is 0 Å². The molecule has 0 saturated heterocycles. The Morgan fingerprint density at radius 3 is 3.09 bits per heavy atom. The Hall–Kier alpha value is -1.28. The summed E-state index contributed by atoms with van der Waals surface area (Å²) in [5, 5.41) is 3.16. The van der Waals surface area contributed by atoms with Gasteiger partial charge >= 0.3 is 0 Å². The second kappa shape index (κ2) is 6.45. The first-order valence-corrected chi connectivity index (χ1v) is 8.85. The van der Waals surface area contributed by atoms with Crippen molar-refractivity contribution in [2.45, 2.75) is 25.9 Å². The van der Waals surface area contributed by atoms with Crippen molar-refractivity contribution >= 4 is 28.6 Å². The first-order valence-electron chi connectivity index (χ1n) is 7.16. The number of aryl methyl sites for hydroxylation is 1. The molecule has 7 heteroatoms. The van der Waals surface area contributed by atoms with Gasteiger partial charge in [0, 0.05) is 30.5 Å². The van der Waals surface area contributed by atoms with Gasteiger partial charge in [-0.1, -0.05) is 0 Å². The zero-order chi connectivity index (χ0) is 15.7. The number of nitrogens with zero attached hydrogens (tertiary/aromatic N) is 2. The fourth-order valence-electron chi connectivity index (χ4n) is 2.61. The summed E-state index contributed by atoms with van der Waals surface area (Å²) in [6, 6.07) is 1.58. The lowest BCUT2D eigenvalue weighted by molar-refractivity contribution is -0.134. The number of hydrogen-bond acceptors (Lipinski definition) is 6. The molecule has 5 nitrogen and oxygen atoms in total. The Morgan fingerprint density at radius 1 is 1.59 bits per heavy atom. The average molecular weight is 337 g/mol. The number of rotatable bonds is 4. The monoisotopic (exact) mass is 337 g/mol. The molecule has 0 aromatic carbocycles. The van der Waals surface area contributed by atoms with Crippen LogP contribution in [0, 0.1) is 6.92 Å². The molecule has 0 aliphatic carbocycles. The minimum absolute atomic E-state index is 0.0373. The van der Waals surface area contributed by atoms with E-state index < -0.39 is 6.04 Å². The van der Waals surface area contributed by atoms with E-state index in [-0.39, 0.29) is 12.5 Å². The van der Waals surface area contributed by atoms with Crippen LogP contribution in [0.3, 0.4) is 0 Å². The lowest BCUT2D eigenvalue weighted by atomic mass is 10.1. The Balaban J connectivity index is 1.76. The molecule has 1 aliphatic rings. The van der Waals surface area contributed by atoms with Crippen molar-refractivity contribution in [2.75, 3.05) is 20.3 Å². The van der Waals surface area contributed by atoms with Gasteiger partial charge in [0.05, 0.1) is 22.2 Å². The lowest BCUT2D eigenvalue weighted by Crippen LogP contribution is -2.47. The largest absolute Gasteiger partial charge is 0.383 e. The van der Waals surface area contributed by atoms with Crippen LogP contribution in [0.5, 0.6) is 0 Å². The van der Waals surface area contributed by atoms with Gasteiger partial charge in [0.1, 0.15) is 6.04 Å². The van der Waals surface area contributed by atoms with Gasteiger partial charge in [-0.15, -0.1) is 22.7 Å². The van der Waals surface area contributed by atoms with Crippen molar-refractivity contribution in [3.05, 3.63) is 26.9 Å². The molecule has 0 saturated carbocycles. The second-order valence-corrected chi connectivity index (χ2v) is 7.58. The molecule has 2 aromatic heterocycles. The highest BCUT2D eigenvalue weighted by Crippen LogP contribution is 2.35. The second-order valence-electron chi connectivity index (χ2n) is 5.38. The van der Waals surface area contributed by atoms with E-state index in [9.17, 15) is 4.79 Å². The number of thiazole rings is 1.